The van der Waals surface area contributed by atoms with Crippen molar-refractivity contribution in [3.05, 3.63) is 51.7 Å². The van der Waals surface area contributed by atoms with Crippen LogP contribution in [0.4, 0.5) is 0 Å². The molecule has 0 N–H and O–H groups in total. The second-order valence-corrected chi connectivity index (χ2v) is 6.31. The summed E-state index contributed by atoms with van der Waals surface area (Å²) in [6.07, 6.45) is 1.35. The zero-order chi connectivity index (χ0) is 17.7. The Kier molecular flexibility index (Phi) is 6.08. The summed E-state index contributed by atoms with van der Waals surface area (Å²) in [7, 11) is 0. The maximum absolute atomic E-state index is 11.9. The third-order valence-electron chi connectivity index (χ3n) is 3.01. The lowest BCUT2D eigenvalue weighted by Gasteiger charge is -2.05. The van der Waals surface area contributed by atoms with E-state index in [1.54, 1.807) is 30.3 Å². The lowest BCUT2D eigenvalue weighted by Crippen LogP contribution is -2.11. The minimum atomic E-state index is -0.668. The van der Waals surface area contributed by atoms with Gasteiger partial charge in [-0.25, -0.2) is 4.79 Å². The molecule has 1 aromatic carbocycles. The number of halogens is 2. The Hall–Kier alpha value is -2.22. The van der Waals surface area contributed by atoms with Crippen LogP contribution in [0.1, 0.15) is 19.6 Å². The second-order valence-electron chi connectivity index (χ2n) is 5.49. The summed E-state index contributed by atoms with van der Waals surface area (Å²) < 4.78 is 10.7. The number of furan rings is 1. The van der Waals surface area contributed by atoms with E-state index in [1.165, 1.54) is 6.08 Å². The molecule has 0 atom stereocenters. The van der Waals surface area contributed by atoms with Gasteiger partial charge in [-0.1, -0.05) is 37.0 Å². The quantitative estimate of drug-likeness (QED) is 0.407. The highest BCUT2D eigenvalue weighted by Gasteiger charge is 2.13. The van der Waals surface area contributed by atoms with Crippen LogP contribution in [0.2, 0.25) is 10.0 Å². The van der Waals surface area contributed by atoms with Crippen LogP contribution in [0.3, 0.4) is 0 Å². The van der Waals surface area contributed by atoms with Crippen LogP contribution in [0.15, 0.2) is 40.3 Å². The van der Waals surface area contributed by atoms with Gasteiger partial charge in [0.15, 0.2) is 0 Å². The molecule has 0 radical (unpaired) electrons. The molecule has 0 aliphatic rings. The highest BCUT2D eigenvalue weighted by Crippen LogP contribution is 2.30. The first-order chi connectivity index (χ1) is 11.4. The topological polar surface area (TPSA) is 63.2 Å². The average molecular weight is 364 g/mol. The zero-order valence-electron chi connectivity index (χ0n) is 13.2. The molecule has 1 heterocycles. The van der Waals surface area contributed by atoms with Crippen LogP contribution in [0.25, 0.3) is 17.4 Å². The number of rotatable bonds is 5. The third kappa shape index (κ3) is 4.64. The van der Waals surface area contributed by atoms with Gasteiger partial charge >= 0.3 is 5.97 Å². The number of carbonyl (C=O) groups excluding carboxylic acids is 1. The average Bonchev–Trinajstić information content (AvgIpc) is 3.01. The Balaban J connectivity index is 2.21. The molecular weight excluding hydrogens is 349 g/mol. The molecule has 124 valence electrons. The standard InChI is InChI=1S/C18H15Cl2NO3/c1-11(2)10-23-18(22)13(9-21)7-14-4-6-17(24-14)12-3-5-15(19)16(20)8-12/h3-8,11H,10H2,1-2H3. The predicted octanol–water partition coefficient (Wildman–Crippen LogP) is 5.36. The van der Waals surface area contributed by atoms with Crippen LogP contribution >= 0.6 is 23.2 Å². The minimum Gasteiger partial charge on any atom is -0.461 e. The van der Waals surface area contributed by atoms with Crippen molar-refractivity contribution in [2.45, 2.75) is 13.8 Å². The fourth-order valence-corrected chi connectivity index (χ4v) is 2.13. The molecule has 6 heteroatoms. The maximum Gasteiger partial charge on any atom is 0.349 e. The van der Waals surface area contributed by atoms with E-state index in [4.69, 9.17) is 37.6 Å². The molecule has 0 spiro atoms. The van der Waals surface area contributed by atoms with Gasteiger partial charge in [-0.15, -0.1) is 0 Å². The normalized spacial score (nSPS) is 11.4. The van der Waals surface area contributed by atoms with Crippen molar-refractivity contribution < 1.29 is 13.9 Å². The molecule has 2 rings (SSSR count). The molecular formula is C18H15Cl2NO3. The van der Waals surface area contributed by atoms with Crippen LogP contribution in [-0.2, 0) is 9.53 Å². The molecule has 0 saturated carbocycles. The molecule has 24 heavy (non-hydrogen) atoms. The van der Waals surface area contributed by atoms with Crippen LogP contribution in [0.5, 0.6) is 0 Å². The number of benzene rings is 1. The summed E-state index contributed by atoms with van der Waals surface area (Å²) in [5.74, 6) is 0.444. The summed E-state index contributed by atoms with van der Waals surface area (Å²) in [5, 5.41) is 9.99. The summed E-state index contributed by atoms with van der Waals surface area (Å²) in [6.45, 7) is 4.09. The highest BCUT2D eigenvalue weighted by atomic mass is 35.5. The molecule has 1 aromatic heterocycles. The maximum atomic E-state index is 11.9. The van der Waals surface area contributed by atoms with E-state index >= 15 is 0 Å². The van der Waals surface area contributed by atoms with E-state index in [0.29, 0.717) is 21.6 Å². The van der Waals surface area contributed by atoms with E-state index in [-0.39, 0.29) is 18.1 Å². The van der Waals surface area contributed by atoms with Gasteiger partial charge in [-0.3, -0.25) is 0 Å². The zero-order valence-corrected chi connectivity index (χ0v) is 14.7. The lowest BCUT2D eigenvalue weighted by atomic mass is 10.2. The highest BCUT2D eigenvalue weighted by molar-refractivity contribution is 6.42. The predicted molar refractivity (Wildman–Crippen MR) is 93.6 cm³/mol. The molecule has 0 aliphatic carbocycles. The second kappa shape index (κ2) is 8.05. The first-order valence-corrected chi connectivity index (χ1v) is 8.00. The Morgan fingerprint density at radius 2 is 2.04 bits per heavy atom. The number of nitriles is 1. The molecule has 4 nitrogen and oxygen atoms in total. The molecule has 2 aromatic rings. The van der Waals surface area contributed by atoms with Crippen LogP contribution in [-0.4, -0.2) is 12.6 Å². The van der Waals surface area contributed by atoms with E-state index in [2.05, 4.69) is 0 Å². The Labute approximate surface area is 150 Å². The summed E-state index contributed by atoms with van der Waals surface area (Å²) in [6, 6.07) is 10.3. The number of hydrogen-bond acceptors (Lipinski definition) is 4. The first-order valence-electron chi connectivity index (χ1n) is 7.25. The minimum absolute atomic E-state index is 0.120. The van der Waals surface area contributed by atoms with Gasteiger partial charge in [-0.05, 0) is 36.2 Å². The number of nitrogens with zero attached hydrogens (tertiary/aromatic N) is 1. The van der Waals surface area contributed by atoms with Crippen LogP contribution in [0, 0.1) is 17.2 Å². The van der Waals surface area contributed by atoms with E-state index in [1.807, 2.05) is 19.9 Å². The van der Waals surface area contributed by atoms with Crippen molar-refractivity contribution in [1.82, 2.24) is 0 Å². The van der Waals surface area contributed by atoms with Gasteiger partial charge in [0.05, 0.1) is 16.7 Å². The van der Waals surface area contributed by atoms with Crippen molar-refractivity contribution in [3.63, 3.8) is 0 Å². The van der Waals surface area contributed by atoms with Gasteiger partial charge < -0.3 is 9.15 Å². The van der Waals surface area contributed by atoms with Crippen molar-refractivity contribution in [3.8, 4) is 17.4 Å². The molecule has 0 amide bonds. The number of hydrogen-bond donors (Lipinski definition) is 0. The van der Waals surface area contributed by atoms with Crippen molar-refractivity contribution in [1.29, 1.82) is 5.26 Å². The SMILES string of the molecule is CC(C)COC(=O)C(C#N)=Cc1ccc(-c2ccc(Cl)c(Cl)c2)o1. The monoisotopic (exact) mass is 363 g/mol. The third-order valence-corrected chi connectivity index (χ3v) is 3.74. The van der Waals surface area contributed by atoms with Crippen molar-refractivity contribution >= 4 is 35.2 Å². The molecule has 0 fully saturated rings. The Morgan fingerprint density at radius 3 is 2.67 bits per heavy atom. The summed E-state index contributed by atoms with van der Waals surface area (Å²) in [5.41, 5.74) is 0.621. The fourth-order valence-electron chi connectivity index (χ4n) is 1.83. The smallest absolute Gasteiger partial charge is 0.349 e. The van der Waals surface area contributed by atoms with Gasteiger partial charge in [0.2, 0.25) is 0 Å². The van der Waals surface area contributed by atoms with E-state index in [9.17, 15) is 4.79 Å². The van der Waals surface area contributed by atoms with Crippen molar-refractivity contribution in [2.75, 3.05) is 6.61 Å². The molecule has 0 bridgehead atoms. The lowest BCUT2D eigenvalue weighted by molar-refractivity contribution is -0.139. The Bertz CT molecular complexity index is 816. The van der Waals surface area contributed by atoms with Gasteiger partial charge in [0.1, 0.15) is 23.2 Å². The largest absolute Gasteiger partial charge is 0.461 e. The Morgan fingerprint density at radius 1 is 1.29 bits per heavy atom. The summed E-state index contributed by atoms with van der Waals surface area (Å²) in [4.78, 5) is 11.9. The fraction of sp³-hybridized carbons (Fsp3) is 0.222. The molecule has 0 unspecified atom stereocenters. The summed E-state index contributed by atoms with van der Waals surface area (Å²) >= 11 is 11.9. The number of ether oxygens (including phenoxy) is 1. The van der Waals surface area contributed by atoms with Gasteiger partial charge in [0, 0.05) is 11.6 Å². The molecule has 0 saturated heterocycles. The van der Waals surface area contributed by atoms with E-state index in [0.717, 1.165) is 5.56 Å². The van der Waals surface area contributed by atoms with Crippen LogP contribution < -0.4 is 0 Å². The first kappa shape index (κ1) is 18.1. The van der Waals surface area contributed by atoms with Gasteiger partial charge in [-0.2, -0.15) is 5.26 Å². The molecule has 0 aliphatic heterocycles. The van der Waals surface area contributed by atoms with E-state index < -0.39 is 5.97 Å². The number of carbonyl (C=O) groups is 1. The van der Waals surface area contributed by atoms with Gasteiger partial charge in [0.25, 0.3) is 0 Å². The number of esters is 1. The van der Waals surface area contributed by atoms with Crippen molar-refractivity contribution in [2.24, 2.45) is 5.92 Å².